The molecule has 2 aliphatic rings. The van der Waals surface area contributed by atoms with Crippen molar-refractivity contribution >= 4 is 0 Å². The smallest absolute Gasteiger partial charge is 0.0906 e. The first-order chi connectivity index (χ1) is 4.47. The minimum Gasteiger partial charge on any atom is -0.372 e. The lowest BCUT2D eigenvalue weighted by molar-refractivity contribution is 0.383. The van der Waals surface area contributed by atoms with Crippen LogP contribution in [0.1, 0.15) is 6.42 Å². The Kier molecular flexibility index (Phi) is 1.16. The van der Waals surface area contributed by atoms with Crippen molar-refractivity contribution in [1.82, 2.24) is 0 Å². The average molecular weight is 122 g/mol. The highest BCUT2D eigenvalue weighted by atomic mass is 16.6. The van der Waals surface area contributed by atoms with E-state index < -0.39 is 0 Å². The van der Waals surface area contributed by atoms with E-state index in [4.69, 9.17) is 4.74 Å². The molecule has 0 N–H and O–H groups in total. The van der Waals surface area contributed by atoms with Gasteiger partial charge in [0.25, 0.3) is 0 Å². The van der Waals surface area contributed by atoms with E-state index in [1.165, 1.54) is 0 Å². The van der Waals surface area contributed by atoms with Crippen molar-refractivity contribution in [2.45, 2.75) is 12.5 Å². The Morgan fingerprint density at radius 1 is 1.22 bits per heavy atom. The molecule has 0 aromatic heterocycles. The van der Waals surface area contributed by atoms with Crippen LogP contribution in [0.15, 0.2) is 24.3 Å². The number of hydrogen-bond acceptors (Lipinski definition) is 1. The Bertz CT molecular complexity index is 142. The fourth-order valence-corrected chi connectivity index (χ4v) is 1.14. The third-order valence-electron chi connectivity index (χ3n) is 1.78. The molecule has 9 heavy (non-hydrogen) atoms. The minimum atomic E-state index is 0.512. The zero-order chi connectivity index (χ0) is 6.10. The van der Waals surface area contributed by atoms with E-state index >= 15 is 0 Å². The van der Waals surface area contributed by atoms with E-state index in [1.54, 1.807) is 0 Å². The van der Waals surface area contributed by atoms with Crippen LogP contribution < -0.4 is 0 Å². The lowest BCUT2D eigenvalue weighted by Gasteiger charge is -2.05. The van der Waals surface area contributed by atoms with Gasteiger partial charge >= 0.3 is 0 Å². The highest BCUT2D eigenvalue weighted by molar-refractivity contribution is 5.12. The summed E-state index contributed by atoms with van der Waals surface area (Å²) in [5.41, 5.74) is 0. The van der Waals surface area contributed by atoms with Gasteiger partial charge in [-0.25, -0.2) is 0 Å². The molecule has 1 heteroatoms. The lowest BCUT2D eigenvalue weighted by atomic mass is 10.0. The quantitative estimate of drug-likeness (QED) is 0.379. The summed E-state index contributed by atoms with van der Waals surface area (Å²) in [6, 6.07) is 0. The van der Waals surface area contributed by atoms with Gasteiger partial charge in [0.2, 0.25) is 0 Å². The van der Waals surface area contributed by atoms with Gasteiger partial charge in [0.05, 0.1) is 12.7 Å². The molecule has 1 heterocycles. The number of allylic oxidation sites excluding steroid dienone is 2. The first kappa shape index (κ1) is 5.24. The number of epoxide rings is 1. The van der Waals surface area contributed by atoms with Crippen molar-refractivity contribution < 1.29 is 4.74 Å². The second-order valence-electron chi connectivity index (χ2n) is 2.54. The van der Waals surface area contributed by atoms with Crippen molar-refractivity contribution in [3.8, 4) is 0 Å². The average Bonchev–Trinajstić information content (AvgIpc) is 2.71. The zero-order valence-corrected chi connectivity index (χ0v) is 5.29. The molecule has 1 fully saturated rings. The Hall–Kier alpha value is -0.560. The highest BCUT2D eigenvalue weighted by Gasteiger charge is 2.29. The van der Waals surface area contributed by atoms with Crippen LogP contribution in [0.2, 0.25) is 0 Å². The molecule has 0 radical (unpaired) electrons. The van der Waals surface area contributed by atoms with Crippen LogP contribution in [0, 0.1) is 5.92 Å². The summed E-state index contributed by atoms with van der Waals surface area (Å²) in [6.45, 7) is 0.958. The summed E-state index contributed by atoms with van der Waals surface area (Å²) in [7, 11) is 0. The Morgan fingerprint density at radius 2 is 1.89 bits per heavy atom. The van der Waals surface area contributed by atoms with E-state index in [2.05, 4.69) is 24.3 Å². The molecular formula is C8H10O. The van der Waals surface area contributed by atoms with E-state index in [0.29, 0.717) is 12.0 Å². The van der Waals surface area contributed by atoms with E-state index in [1.807, 2.05) is 0 Å². The standard InChI is InChI=1S/C8H10O/c1-2-4-7(5-3-1)8-6-9-8/h2-5,7-8H,1,6H2. The molecule has 1 saturated heterocycles. The maximum absolute atomic E-state index is 5.15. The fraction of sp³-hybridized carbons (Fsp3) is 0.500. The Labute approximate surface area is 55.0 Å². The molecule has 0 bridgehead atoms. The predicted molar refractivity (Wildman–Crippen MR) is 36.1 cm³/mol. The molecule has 0 amide bonds. The van der Waals surface area contributed by atoms with Gasteiger partial charge in [0.1, 0.15) is 0 Å². The van der Waals surface area contributed by atoms with Gasteiger partial charge < -0.3 is 4.74 Å². The van der Waals surface area contributed by atoms with Crippen LogP contribution >= 0.6 is 0 Å². The summed E-state index contributed by atoms with van der Waals surface area (Å²) in [4.78, 5) is 0. The van der Waals surface area contributed by atoms with Crippen LogP contribution in [0.5, 0.6) is 0 Å². The molecule has 48 valence electrons. The highest BCUT2D eigenvalue weighted by Crippen LogP contribution is 2.24. The second-order valence-corrected chi connectivity index (χ2v) is 2.54. The second kappa shape index (κ2) is 1.99. The van der Waals surface area contributed by atoms with E-state index in [0.717, 1.165) is 13.0 Å². The van der Waals surface area contributed by atoms with Gasteiger partial charge in [-0.3, -0.25) is 0 Å². The summed E-state index contributed by atoms with van der Waals surface area (Å²) >= 11 is 0. The van der Waals surface area contributed by atoms with E-state index in [9.17, 15) is 0 Å². The molecule has 0 aromatic rings. The van der Waals surface area contributed by atoms with Crippen molar-refractivity contribution in [2.24, 2.45) is 5.92 Å². The molecule has 2 rings (SSSR count). The molecule has 1 nitrogen and oxygen atoms in total. The van der Waals surface area contributed by atoms with Crippen LogP contribution in [0.25, 0.3) is 0 Å². The van der Waals surface area contributed by atoms with Crippen molar-refractivity contribution in [1.29, 1.82) is 0 Å². The molecule has 1 atom stereocenters. The van der Waals surface area contributed by atoms with Gasteiger partial charge in [0, 0.05) is 5.92 Å². The molecular weight excluding hydrogens is 112 g/mol. The maximum Gasteiger partial charge on any atom is 0.0906 e. The van der Waals surface area contributed by atoms with Crippen molar-refractivity contribution in [3.05, 3.63) is 24.3 Å². The summed E-state index contributed by atoms with van der Waals surface area (Å²) in [6.07, 6.45) is 10.5. The first-order valence-corrected chi connectivity index (χ1v) is 3.42. The van der Waals surface area contributed by atoms with Crippen LogP contribution in [0.3, 0.4) is 0 Å². The van der Waals surface area contributed by atoms with Gasteiger partial charge in [-0.1, -0.05) is 24.3 Å². The summed E-state index contributed by atoms with van der Waals surface area (Å²) in [5, 5.41) is 0. The molecule has 1 aliphatic heterocycles. The molecule has 0 aromatic carbocycles. The lowest BCUT2D eigenvalue weighted by Crippen LogP contribution is -2.02. The Balaban J connectivity index is 2.01. The maximum atomic E-state index is 5.15. The predicted octanol–water partition coefficient (Wildman–Crippen LogP) is 1.52. The van der Waals surface area contributed by atoms with Crippen LogP contribution in [-0.2, 0) is 4.74 Å². The largest absolute Gasteiger partial charge is 0.372 e. The molecule has 0 saturated carbocycles. The molecule has 0 spiro atoms. The fourth-order valence-electron chi connectivity index (χ4n) is 1.14. The SMILES string of the molecule is C1=CC(C2CO2)C=CC1. The summed E-state index contributed by atoms with van der Waals surface area (Å²) < 4.78 is 5.15. The van der Waals surface area contributed by atoms with E-state index in [-0.39, 0.29) is 0 Å². The van der Waals surface area contributed by atoms with Gasteiger partial charge in [-0.15, -0.1) is 0 Å². The number of ether oxygens (including phenoxy) is 1. The van der Waals surface area contributed by atoms with Gasteiger partial charge in [-0.2, -0.15) is 0 Å². The Morgan fingerprint density at radius 3 is 2.44 bits per heavy atom. The third kappa shape index (κ3) is 1.06. The molecule has 1 aliphatic carbocycles. The monoisotopic (exact) mass is 122 g/mol. The number of hydrogen-bond donors (Lipinski definition) is 0. The number of rotatable bonds is 1. The third-order valence-corrected chi connectivity index (χ3v) is 1.78. The summed E-state index contributed by atoms with van der Waals surface area (Å²) in [5.74, 6) is 0.582. The van der Waals surface area contributed by atoms with Crippen LogP contribution in [-0.4, -0.2) is 12.7 Å². The zero-order valence-electron chi connectivity index (χ0n) is 5.29. The van der Waals surface area contributed by atoms with Gasteiger partial charge in [-0.05, 0) is 6.42 Å². The minimum absolute atomic E-state index is 0.512. The molecule has 1 unspecified atom stereocenters. The van der Waals surface area contributed by atoms with Crippen molar-refractivity contribution in [2.75, 3.05) is 6.61 Å². The topological polar surface area (TPSA) is 12.5 Å². The first-order valence-electron chi connectivity index (χ1n) is 3.42. The normalized spacial score (nSPS) is 33.1. The van der Waals surface area contributed by atoms with Gasteiger partial charge in [0.15, 0.2) is 0 Å². The van der Waals surface area contributed by atoms with Crippen LogP contribution in [0.4, 0.5) is 0 Å². The van der Waals surface area contributed by atoms with Crippen molar-refractivity contribution in [3.63, 3.8) is 0 Å².